The smallest absolute Gasteiger partial charge is 0.104 e. The van der Waals surface area contributed by atoms with E-state index in [1.165, 1.54) is 0 Å². The first-order valence-corrected chi connectivity index (χ1v) is 23.1. The summed E-state index contributed by atoms with van der Waals surface area (Å²) in [6.07, 6.45) is 0. The lowest BCUT2D eigenvalue weighted by molar-refractivity contribution is 1.03. The molecule has 0 fully saturated rings. The first kappa shape index (κ1) is 38.1. The van der Waals surface area contributed by atoms with Gasteiger partial charge in [0.15, 0.2) is 0 Å². The minimum atomic E-state index is 0.548. The Morgan fingerprint density at radius 3 is 0.868 bits per heavy atom. The second kappa shape index (κ2) is 14.4. The van der Waals surface area contributed by atoms with Gasteiger partial charge in [-0.15, -0.1) is 0 Å². The van der Waals surface area contributed by atoms with Crippen LogP contribution in [-0.4, -0.2) is 23.3 Å². The molecule has 5 heterocycles. The molecule has 0 N–H and O–H groups in total. The van der Waals surface area contributed by atoms with Crippen molar-refractivity contribution in [2.75, 3.05) is 0 Å². The molecule has 14 aromatic rings. The van der Waals surface area contributed by atoms with Crippen LogP contribution in [-0.2, 0) is 0 Å². The Hall–Kier alpha value is -9.18. The summed E-state index contributed by atoms with van der Waals surface area (Å²) in [5.74, 6) is 0. The molecular weight excluding hydrogens is 829 g/mol. The van der Waals surface area contributed by atoms with Crippen molar-refractivity contribution in [2.24, 2.45) is 0 Å². The molecule has 6 nitrogen and oxygen atoms in total. The number of aryl methyl sites for hydroxylation is 2. The lowest BCUT2D eigenvalue weighted by atomic mass is 9.93. The number of hydrogen-bond donors (Lipinski definition) is 0. The van der Waals surface area contributed by atoms with Gasteiger partial charge < -0.3 is 18.3 Å². The summed E-state index contributed by atoms with van der Waals surface area (Å²) >= 11 is 0. The molecule has 318 valence electrons. The maximum atomic E-state index is 12.6. The van der Waals surface area contributed by atoms with E-state index < -0.39 is 0 Å². The molecule has 6 heteroatoms. The number of nitriles is 1. The van der Waals surface area contributed by atoms with E-state index >= 15 is 0 Å². The summed E-state index contributed by atoms with van der Waals surface area (Å²) in [5, 5.41) is 21.6. The number of pyridine rings is 1. The van der Waals surface area contributed by atoms with Gasteiger partial charge in [-0.3, -0.25) is 4.98 Å². The highest BCUT2D eigenvalue weighted by Crippen LogP contribution is 2.51. The quantitative estimate of drug-likeness (QED) is 0.173. The maximum Gasteiger partial charge on any atom is 0.104 e. The third-order valence-electron chi connectivity index (χ3n) is 14.1. The van der Waals surface area contributed by atoms with Gasteiger partial charge in [0.1, 0.15) is 11.6 Å². The Kier molecular flexibility index (Phi) is 8.08. The van der Waals surface area contributed by atoms with Crippen LogP contribution in [0.3, 0.4) is 0 Å². The second-order valence-corrected chi connectivity index (χ2v) is 17.9. The highest BCUT2D eigenvalue weighted by Gasteiger charge is 2.35. The fourth-order valence-electron chi connectivity index (χ4n) is 11.6. The van der Waals surface area contributed by atoms with E-state index in [4.69, 9.17) is 4.98 Å². The minimum Gasteiger partial charge on any atom is -0.307 e. The summed E-state index contributed by atoms with van der Waals surface area (Å²) in [5.41, 5.74) is 15.9. The van der Waals surface area contributed by atoms with Gasteiger partial charge in [0, 0.05) is 60.0 Å². The zero-order valence-corrected chi connectivity index (χ0v) is 37.3. The highest BCUT2D eigenvalue weighted by atomic mass is 15.1. The Bertz CT molecular complexity index is 4260. The molecule has 0 unspecified atom stereocenters. The second-order valence-electron chi connectivity index (χ2n) is 17.9. The van der Waals surface area contributed by atoms with Crippen LogP contribution in [0.5, 0.6) is 0 Å². The monoisotopic (exact) mass is 868 g/mol. The van der Waals surface area contributed by atoms with E-state index in [1.54, 1.807) is 0 Å². The number of nitrogens with zero attached hydrogens (tertiary/aromatic N) is 6. The normalized spacial score (nSPS) is 12.0. The van der Waals surface area contributed by atoms with Crippen molar-refractivity contribution in [1.29, 1.82) is 5.26 Å². The predicted octanol–water partition coefficient (Wildman–Crippen LogP) is 15.6. The Labute approximate surface area is 391 Å². The molecule has 14 rings (SSSR count). The van der Waals surface area contributed by atoms with Crippen LogP contribution < -0.4 is 0 Å². The molecule has 0 aliphatic rings. The third kappa shape index (κ3) is 5.18. The minimum absolute atomic E-state index is 0.548. The van der Waals surface area contributed by atoms with E-state index in [-0.39, 0.29) is 0 Å². The van der Waals surface area contributed by atoms with E-state index in [0.717, 1.165) is 132 Å². The molecule has 0 bridgehead atoms. The lowest BCUT2D eigenvalue weighted by Gasteiger charge is -2.29. The van der Waals surface area contributed by atoms with Crippen LogP contribution in [0, 0.1) is 25.2 Å². The number of para-hydroxylation sites is 8. The van der Waals surface area contributed by atoms with Crippen LogP contribution in [0.2, 0.25) is 0 Å². The van der Waals surface area contributed by atoms with Gasteiger partial charge in [-0.1, -0.05) is 146 Å². The van der Waals surface area contributed by atoms with Gasteiger partial charge in [-0.05, 0) is 80.1 Å². The van der Waals surface area contributed by atoms with E-state index in [0.29, 0.717) is 5.56 Å². The largest absolute Gasteiger partial charge is 0.307 e. The van der Waals surface area contributed by atoms with Crippen molar-refractivity contribution in [3.05, 3.63) is 223 Å². The van der Waals surface area contributed by atoms with Crippen molar-refractivity contribution in [3.63, 3.8) is 0 Å². The fourth-order valence-corrected chi connectivity index (χ4v) is 11.6. The number of rotatable bonds is 5. The van der Waals surface area contributed by atoms with Crippen LogP contribution in [0.4, 0.5) is 0 Å². The molecule has 0 saturated carbocycles. The highest BCUT2D eigenvalue weighted by molar-refractivity contribution is 6.17. The van der Waals surface area contributed by atoms with E-state index in [9.17, 15) is 5.26 Å². The Morgan fingerprint density at radius 2 is 0.574 bits per heavy atom. The Morgan fingerprint density at radius 1 is 0.324 bits per heavy atom. The maximum absolute atomic E-state index is 12.6. The molecule has 9 aromatic carbocycles. The molecule has 0 atom stereocenters. The van der Waals surface area contributed by atoms with Crippen molar-refractivity contribution in [3.8, 4) is 39.9 Å². The zero-order chi connectivity index (χ0) is 45.2. The van der Waals surface area contributed by atoms with Crippen molar-refractivity contribution in [2.45, 2.75) is 13.8 Å². The van der Waals surface area contributed by atoms with Gasteiger partial charge in [0.05, 0.1) is 66.9 Å². The molecule has 0 saturated heterocycles. The predicted molar refractivity (Wildman–Crippen MR) is 281 cm³/mol. The average molecular weight is 869 g/mol. The summed E-state index contributed by atoms with van der Waals surface area (Å²) < 4.78 is 9.68. The van der Waals surface area contributed by atoms with Gasteiger partial charge in [0.25, 0.3) is 0 Å². The number of benzene rings is 9. The van der Waals surface area contributed by atoms with Gasteiger partial charge in [-0.2, -0.15) is 5.26 Å². The molecule has 5 aromatic heterocycles. The van der Waals surface area contributed by atoms with Gasteiger partial charge >= 0.3 is 0 Å². The van der Waals surface area contributed by atoms with E-state index in [2.05, 4.69) is 244 Å². The molecule has 0 radical (unpaired) electrons. The van der Waals surface area contributed by atoms with Crippen LogP contribution in [0.1, 0.15) is 17.0 Å². The van der Waals surface area contributed by atoms with Gasteiger partial charge in [-0.25, -0.2) is 0 Å². The first-order chi connectivity index (χ1) is 33.6. The molecule has 0 spiro atoms. The molecule has 0 aliphatic carbocycles. The molecule has 0 aliphatic heterocycles. The standard InChI is InChI=1S/C62H40N6/c1-38-35-40(36-39(2)64-38)58-59(65-50-27-11-3-19-41(50)42-20-4-12-28-51(42)65)49(37-63)60(66-52-29-13-5-21-43(52)44-22-6-14-30-53(44)66)62(68-56-33-17-9-25-47(56)48-26-10-18-34-57(48)68)61(58)67-54-31-15-7-23-45(54)46-24-8-16-32-55(46)67/h3-36H,1-2H3. The molecular formula is C62H40N6. The lowest BCUT2D eigenvalue weighted by Crippen LogP contribution is -2.16. The number of aromatic nitrogens is 5. The van der Waals surface area contributed by atoms with Crippen molar-refractivity contribution >= 4 is 87.2 Å². The summed E-state index contributed by atoms with van der Waals surface area (Å²) in [4.78, 5) is 4.98. The Balaban J connectivity index is 1.38. The number of fused-ring (bicyclic) bond motifs is 12. The third-order valence-corrected chi connectivity index (χ3v) is 14.1. The zero-order valence-electron chi connectivity index (χ0n) is 37.3. The van der Waals surface area contributed by atoms with Crippen LogP contribution in [0.25, 0.3) is 121 Å². The van der Waals surface area contributed by atoms with Crippen molar-refractivity contribution < 1.29 is 0 Å². The molecule has 68 heavy (non-hydrogen) atoms. The summed E-state index contributed by atoms with van der Waals surface area (Å²) in [6, 6.07) is 76.9. The topological polar surface area (TPSA) is 56.4 Å². The number of hydrogen-bond acceptors (Lipinski definition) is 2. The van der Waals surface area contributed by atoms with E-state index in [1.807, 2.05) is 0 Å². The van der Waals surface area contributed by atoms with Crippen LogP contribution in [0.15, 0.2) is 206 Å². The first-order valence-electron chi connectivity index (χ1n) is 23.1. The fraction of sp³-hybridized carbons (Fsp3) is 0.0323. The summed E-state index contributed by atoms with van der Waals surface area (Å²) in [6.45, 7) is 4.14. The summed E-state index contributed by atoms with van der Waals surface area (Å²) in [7, 11) is 0. The SMILES string of the molecule is Cc1cc(-c2c(-n3c4ccccc4c4ccccc43)c(C#N)c(-n3c4ccccc4c4ccccc43)c(-n3c4ccccc4c4ccccc43)c2-n2c3ccccc3c3ccccc32)cc(C)n1. The van der Waals surface area contributed by atoms with Crippen LogP contribution >= 0.6 is 0 Å². The van der Waals surface area contributed by atoms with Gasteiger partial charge in [0.2, 0.25) is 0 Å². The van der Waals surface area contributed by atoms with Crippen molar-refractivity contribution in [1.82, 2.24) is 23.3 Å². The average Bonchev–Trinajstić information content (AvgIpc) is 4.10. The molecule has 0 amide bonds.